The lowest BCUT2D eigenvalue weighted by molar-refractivity contribution is -0.00517. The number of anilines is 2. The van der Waals surface area contributed by atoms with Gasteiger partial charge in [0.05, 0.1) is 29.1 Å². The van der Waals surface area contributed by atoms with Crippen molar-refractivity contribution >= 4 is 17.3 Å². The van der Waals surface area contributed by atoms with E-state index in [1.807, 2.05) is 24.3 Å². The van der Waals surface area contributed by atoms with Crippen LogP contribution in [0.4, 0.5) is 11.4 Å². The van der Waals surface area contributed by atoms with E-state index in [9.17, 15) is 4.79 Å². The first kappa shape index (κ1) is 18.1. The van der Waals surface area contributed by atoms with Crippen LogP contribution in [0.15, 0.2) is 30.3 Å². The van der Waals surface area contributed by atoms with Crippen molar-refractivity contribution in [1.29, 1.82) is 0 Å². The number of nitrogens with zero attached hydrogens (tertiary/aromatic N) is 2. The Labute approximate surface area is 161 Å². The summed E-state index contributed by atoms with van der Waals surface area (Å²) in [6.45, 7) is 9.98. The zero-order valence-corrected chi connectivity index (χ0v) is 16.7. The third kappa shape index (κ3) is 3.61. The van der Waals surface area contributed by atoms with Crippen LogP contribution < -0.4 is 10.2 Å². The summed E-state index contributed by atoms with van der Waals surface area (Å²) >= 11 is 0. The fourth-order valence-electron chi connectivity index (χ4n) is 4.32. The van der Waals surface area contributed by atoms with Crippen molar-refractivity contribution in [2.45, 2.75) is 58.8 Å². The maximum Gasteiger partial charge on any atom is 0.257 e. The molecule has 27 heavy (non-hydrogen) atoms. The molecule has 0 radical (unpaired) electrons. The first-order chi connectivity index (χ1) is 12.9. The molecule has 1 aromatic heterocycles. The number of carbonyl (C=O) groups is 1. The lowest BCUT2D eigenvalue weighted by Gasteiger charge is -2.37. The van der Waals surface area contributed by atoms with Gasteiger partial charge in [-0.3, -0.25) is 4.79 Å². The molecule has 1 N–H and O–H groups in total. The van der Waals surface area contributed by atoms with Crippen LogP contribution in [0.3, 0.4) is 0 Å². The summed E-state index contributed by atoms with van der Waals surface area (Å²) < 4.78 is 8.17. The summed E-state index contributed by atoms with van der Waals surface area (Å²) in [5.74, 6) is -0.0307. The molecule has 0 unspecified atom stereocenters. The van der Waals surface area contributed by atoms with Crippen molar-refractivity contribution in [3.8, 4) is 0 Å². The van der Waals surface area contributed by atoms with Gasteiger partial charge >= 0.3 is 0 Å². The number of hydrogen-bond donors (Lipinski definition) is 1. The van der Waals surface area contributed by atoms with E-state index in [0.29, 0.717) is 6.04 Å². The van der Waals surface area contributed by atoms with Gasteiger partial charge in [-0.25, -0.2) is 0 Å². The van der Waals surface area contributed by atoms with Crippen LogP contribution in [0, 0.1) is 13.8 Å². The zero-order valence-electron chi connectivity index (χ0n) is 16.7. The van der Waals surface area contributed by atoms with Gasteiger partial charge in [0.15, 0.2) is 0 Å². The molecular weight excluding hydrogens is 338 g/mol. The normalized spacial score (nSPS) is 22.7. The van der Waals surface area contributed by atoms with Gasteiger partial charge in [0.1, 0.15) is 0 Å². The predicted octanol–water partition coefficient (Wildman–Crippen LogP) is 4.31. The maximum atomic E-state index is 13.0. The summed E-state index contributed by atoms with van der Waals surface area (Å²) in [6.07, 6.45) is 2.78. The highest BCUT2D eigenvalue weighted by Gasteiger charge is 2.29. The van der Waals surface area contributed by atoms with Gasteiger partial charge in [0, 0.05) is 30.5 Å². The van der Waals surface area contributed by atoms with Crippen molar-refractivity contribution in [3.05, 3.63) is 47.3 Å². The van der Waals surface area contributed by atoms with Crippen LogP contribution in [-0.2, 0) is 4.74 Å². The van der Waals surface area contributed by atoms with Crippen molar-refractivity contribution in [2.24, 2.45) is 0 Å². The number of morpholine rings is 1. The smallest absolute Gasteiger partial charge is 0.257 e. The molecule has 2 fully saturated rings. The Morgan fingerprint density at radius 1 is 1.11 bits per heavy atom. The van der Waals surface area contributed by atoms with Gasteiger partial charge in [-0.05, 0) is 58.7 Å². The van der Waals surface area contributed by atoms with E-state index in [1.165, 1.54) is 18.5 Å². The number of nitrogens with one attached hydrogen (secondary N) is 1. The molecule has 2 heterocycles. The number of aromatic nitrogens is 1. The third-order valence-corrected chi connectivity index (χ3v) is 5.55. The Morgan fingerprint density at radius 2 is 1.78 bits per heavy atom. The number of carbonyl (C=O) groups excluding carboxylic acids is 1. The highest BCUT2D eigenvalue weighted by molar-refractivity contribution is 6.07. The summed E-state index contributed by atoms with van der Waals surface area (Å²) in [5, 5.41) is 3.16. The van der Waals surface area contributed by atoms with E-state index in [0.717, 1.165) is 35.7 Å². The fourth-order valence-corrected chi connectivity index (χ4v) is 4.32. The third-order valence-electron chi connectivity index (χ3n) is 5.55. The molecule has 0 bridgehead atoms. The van der Waals surface area contributed by atoms with Gasteiger partial charge in [-0.15, -0.1) is 0 Å². The number of amides is 1. The Balaban J connectivity index is 1.58. The molecule has 1 amide bonds. The lowest BCUT2D eigenvalue weighted by Crippen LogP contribution is -2.45. The topological polar surface area (TPSA) is 46.5 Å². The highest BCUT2D eigenvalue weighted by Crippen LogP contribution is 2.38. The minimum absolute atomic E-state index is 0.0307. The maximum absolute atomic E-state index is 13.0. The molecule has 2 aromatic rings. The second kappa shape index (κ2) is 7.04. The number of para-hydroxylation sites is 2. The lowest BCUT2D eigenvalue weighted by atomic mass is 10.1. The van der Waals surface area contributed by atoms with Crippen LogP contribution in [0.2, 0.25) is 0 Å². The second-order valence-corrected chi connectivity index (χ2v) is 8.02. The molecule has 1 saturated carbocycles. The van der Waals surface area contributed by atoms with Crippen LogP contribution in [-0.4, -0.2) is 35.8 Å². The van der Waals surface area contributed by atoms with Crippen LogP contribution in [0.25, 0.3) is 0 Å². The van der Waals surface area contributed by atoms with Gasteiger partial charge in [0.25, 0.3) is 5.91 Å². The average molecular weight is 367 g/mol. The molecule has 5 heteroatoms. The second-order valence-electron chi connectivity index (χ2n) is 8.02. The van der Waals surface area contributed by atoms with Gasteiger partial charge < -0.3 is 19.5 Å². The average Bonchev–Trinajstić information content (AvgIpc) is 3.39. The van der Waals surface area contributed by atoms with Gasteiger partial charge in [0.2, 0.25) is 0 Å². The highest BCUT2D eigenvalue weighted by atomic mass is 16.5. The first-order valence-corrected chi connectivity index (χ1v) is 9.93. The quantitative estimate of drug-likeness (QED) is 0.876. The minimum Gasteiger partial charge on any atom is -0.372 e. The van der Waals surface area contributed by atoms with E-state index in [-0.39, 0.29) is 18.1 Å². The first-order valence-electron chi connectivity index (χ1n) is 9.93. The van der Waals surface area contributed by atoms with E-state index in [4.69, 9.17) is 4.74 Å². The van der Waals surface area contributed by atoms with E-state index in [1.54, 1.807) is 0 Å². The Bertz CT molecular complexity index is 843. The Morgan fingerprint density at radius 3 is 2.44 bits per heavy atom. The zero-order chi connectivity index (χ0) is 19.1. The molecule has 4 rings (SSSR count). The van der Waals surface area contributed by atoms with Crippen molar-refractivity contribution in [1.82, 2.24) is 4.57 Å². The number of ether oxygens (including phenoxy) is 1. The van der Waals surface area contributed by atoms with E-state index in [2.05, 4.69) is 48.5 Å². The van der Waals surface area contributed by atoms with Gasteiger partial charge in [-0.2, -0.15) is 0 Å². The molecule has 2 aliphatic rings. The molecule has 2 atom stereocenters. The van der Waals surface area contributed by atoms with Crippen LogP contribution in [0.1, 0.15) is 54.5 Å². The fraction of sp³-hybridized carbons (Fsp3) is 0.500. The Kier molecular flexibility index (Phi) is 4.72. The molecule has 144 valence electrons. The molecule has 5 nitrogen and oxygen atoms in total. The molecular formula is C22H29N3O2. The van der Waals surface area contributed by atoms with Crippen LogP contribution >= 0.6 is 0 Å². The van der Waals surface area contributed by atoms with Crippen LogP contribution in [0.5, 0.6) is 0 Å². The molecule has 1 aliphatic carbocycles. The molecule has 1 aromatic carbocycles. The molecule has 0 spiro atoms. The van der Waals surface area contributed by atoms with Crippen molar-refractivity contribution in [2.75, 3.05) is 23.3 Å². The number of hydrogen-bond acceptors (Lipinski definition) is 3. The van der Waals surface area contributed by atoms with Crippen molar-refractivity contribution in [3.63, 3.8) is 0 Å². The SMILES string of the molecule is Cc1cc(C(=O)Nc2ccccc2N2C[C@@H](C)O[C@H](C)C2)c(C)n1C1CC1. The largest absolute Gasteiger partial charge is 0.372 e. The summed E-state index contributed by atoms with van der Waals surface area (Å²) in [4.78, 5) is 15.3. The summed E-state index contributed by atoms with van der Waals surface area (Å²) in [5.41, 5.74) is 4.93. The Hall–Kier alpha value is -2.27. The van der Waals surface area contributed by atoms with E-state index < -0.39 is 0 Å². The van der Waals surface area contributed by atoms with Crippen molar-refractivity contribution < 1.29 is 9.53 Å². The summed E-state index contributed by atoms with van der Waals surface area (Å²) in [6, 6.07) is 10.7. The number of rotatable bonds is 4. The monoisotopic (exact) mass is 367 g/mol. The number of aryl methyl sites for hydroxylation is 1. The predicted molar refractivity (Wildman–Crippen MR) is 109 cm³/mol. The molecule has 1 saturated heterocycles. The molecule has 1 aliphatic heterocycles. The standard InChI is InChI=1S/C22H29N3O2/c1-14-11-19(17(4)25(14)18-9-10-18)22(26)23-20-7-5-6-8-21(20)24-12-15(2)27-16(3)13-24/h5-8,11,15-16,18H,9-10,12-13H2,1-4H3,(H,23,26)/t15-,16-/m1/s1. The van der Waals surface area contributed by atoms with Gasteiger partial charge in [-0.1, -0.05) is 12.1 Å². The summed E-state index contributed by atoms with van der Waals surface area (Å²) in [7, 11) is 0. The van der Waals surface area contributed by atoms with E-state index >= 15 is 0 Å². The minimum atomic E-state index is -0.0307. The number of benzene rings is 1.